The molecule has 2 saturated heterocycles. The monoisotopic (exact) mass is 1650 g/mol. The van der Waals surface area contributed by atoms with Gasteiger partial charge in [0.1, 0.15) is 92.6 Å². The summed E-state index contributed by atoms with van der Waals surface area (Å²) in [5.74, 6) is -2.97. The summed E-state index contributed by atoms with van der Waals surface area (Å²) in [4.78, 5) is 66.3. The standard InChI is InChI=1S/C88H163O25P/c1-5-9-13-17-21-25-29-33-34-35-39-41-45-49-53-57-61-72(91)105-67-70-76(95)78(97)82(101)88(109-70)112-85-83(110-74(93)63-59-55-51-47-43-38-32-28-24-20-16-12-8-4)79(98)80(99)84(111-87-81(100)77(96)75(94)69(64-89)108-87)86(85)113-114(102,103)106-66-68(107-73(92)62-58-54-50-46-42-37-31-27-23-19-15-11-7-3)65-104-71(90)60-56-52-48-44-40-36-30-26-22-18-14-10-6-2/h38,43,68-70,75-89,94-101H,5-37,39-42,44-67H2,1-4H3,(H,102,103)/b43-38-. The molecule has 3 rings (SSSR count). The van der Waals surface area contributed by atoms with Gasteiger partial charge in [-0.25, -0.2) is 4.57 Å². The minimum Gasteiger partial charge on any atom is -0.463 e. The highest BCUT2D eigenvalue weighted by atomic mass is 31.2. The molecule has 1 aliphatic carbocycles. The maximum atomic E-state index is 14.9. The van der Waals surface area contributed by atoms with Crippen LogP contribution in [0.3, 0.4) is 0 Å². The molecule has 3 fully saturated rings. The summed E-state index contributed by atoms with van der Waals surface area (Å²) in [5, 5.41) is 102. The smallest absolute Gasteiger partial charge is 0.463 e. The van der Waals surface area contributed by atoms with Crippen molar-refractivity contribution in [3.63, 3.8) is 0 Å². The lowest BCUT2D eigenvalue weighted by molar-refractivity contribution is -0.360. The number of hydrogen-bond donors (Lipinski definition) is 10. The molecular weight excluding hydrogens is 1490 g/mol. The first kappa shape index (κ1) is 105. The van der Waals surface area contributed by atoms with Gasteiger partial charge in [-0.15, -0.1) is 0 Å². The van der Waals surface area contributed by atoms with Crippen molar-refractivity contribution >= 4 is 31.7 Å². The molecule has 0 spiro atoms. The second-order valence-corrected chi connectivity index (χ2v) is 34.2. The fourth-order valence-electron chi connectivity index (χ4n) is 15.2. The third-order valence-corrected chi connectivity index (χ3v) is 23.5. The average Bonchev–Trinajstić information content (AvgIpc) is 0.754. The van der Waals surface area contributed by atoms with Crippen molar-refractivity contribution in [2.75, 3.05) is 26.4 Å². The molecule has 26 heteroatoms. The lowest BCUT2D eigenvalue weighted by atomic mass is 9.84. The predicted molar refractivity (Wildman–Crippen MR) is 440 cm³/mol. The van der Waals surface area contributed by atoms with Crippen LogP contribution in [0.15, 0.2) is 12.2 Å². The van der Waals surface area contributed by atoms with E-state index in [0.29, 0.717) is 32.1 Å². The normalized spacial score (nSPS) is 25.4. The number of esters is 4. The predicted octanol–water partition coefficient (Wildman–Crippen LogP) is 16.4. The summed E-state index contributed by atoms with van der Waals surface area (Å²) in [6, 6.07) is 0. The molecule has 0 aromatic rings. The van der Waals surface area contributed by atoms with Gasteiger partial charge in [-0.05, 0) is 51.4 Å². The molecule has 0 aromatic heterocycles. The number of ether oxygens (including phenoxy) is 8. The van der Waals surface area contributed by atoms with Gasteiger partial charge in [0.05, 0.1) is 13.2 Å². The number of unbranched alkanes of at least 4 members (excludes halogenated alkanes) is 48. The van der Waals surface area contributed by atoms with Crippen LogP contribution in [0.1, 0.15) is 394 Å². The van der Waals surface area contributed by atoms with Crippen molar-refractivity contribution in [1.29, 1.82) is 0 Å². The van der Waals surface area contributed by atoms with Gasteiger partial charge < -0.3 is 88.7 Å². The lowest BCUT2D eigenvalue weighted by Crippen LogP contribution is -2.70. The molecule has 18 atom stereocenters. The Morgan fingerprint density at radius 3 is 1.05 bits per heavy atom. The van der Waals surface area contributed by atoms with Crippen LogP contribution in [0.5, 0.6) is 0 Å². The number of carbonyl (C=O) groups excluding carboxylic acids is 4. The largest absolute Gasteiger partial charge is 0.472 e. The highest BCUT2D eigenvalue weighted by molar-refractivity contribution is 7.47. The van der Waals surface area contributed by atoms with E-state index in [0.717, 1.165) is 122 Å². The van der Waals surface area contributed by atoms with Crippen LogP contribution in [0.25, 0.3) is 0 Å². The molecule has 114 heavy (non-hydrogen) atoms. The molecule has 3 aliphatic rings. The Morgan fingerprint density at radius 2 is 0.658 bits per heavy atom. The maximum Gasteiger partial charge on any atom is 0.472 e. The third-order valence-electron chi connectivity index (χ3n) is 22.5. The zero-order chi connectivity index (χ0) is 83.2. The SMILES string of the molecule is CCCCCCCC/C=C\CCCCCC(=O)OC1C(O)C(O)C(OC2OC(CO)C(O)C(O)C2O)C(OP(=O)(O)OCC(COC(=O)CCCCCCCCCCCCCCC)OC(=O)CCCCCCCCCCCCCCC)C1OC1OC(COC(=O)CCCCCCCCCCCCCCCCCC)C(O)C(O)C1O. The quantitative estimate of drug-likeness (QED) is 0.00889. The maximum absolute atomic E-state index is 14.9. The highest BCUT2D eigenvalue weighted by Gasteiger charge is 2.60. The molecule has 18 unspecified atom stereocenters. The minimum atomic E-state index is -5.80. The van der Waals surface area contributed by atoms with Gasteiger partial charge in [-0.2, -0.15) is 0 Å². The van der Waals surface area contributed by atoms with Gasteiger partial charge >= 0.3 is 31.7 Å². The van der Waals surface area contributed by atoms with Crippen molar-refractivity contribution in [3.8, 4) is 0 Å². The molecule has 25 nitrogen and oxygen atoms in total. The van der Waals surface area contributed by atoms with Crippen LogP contribution in [0.4, 0.5) is 0 Å². The van der Waals surface area contributed by atoms with Crippen LogP contribution < -0.4 is 0 Å². The van der Waals surface area contributed by atoms with Crippen LogP contribution in [0, 0.1) is 0 Å². The van der Waals surface area contributed by atoms with Crippen LogP contribution in [-0.4, -0.2) is 205 Å². The minimum absolute atomic E-state index is 0.0174. The fraction of sp³-hybridized carbons (Fsp3) is 0.932. The molecule has 10 N–H and O–H groups in total. The van der Waals surface area contributed by atoms with E-state index in [4.69, 9.17) is 46.9 Å². The van der Waals surface area contributed by atoms with E-state index in [1.54, 1.807) is 0 Å². The lowest BCUT2D eigenvalue weighted by Gasteiger charge is -2.50. The molecule has 0 amide bonds. The number of phosphoric acid groups is 1. The summed E-state index contributed by atoms with van der Waals surface area (Å²) >= 11 is 0. The Kier molecular flexibility index (Phi) is 62.7. The van der Waals surface area contributed by atoms with Crippen molar-refractivity contribution in [2.24, 2.45) is 0 Å². The Hall–Kier alpha value is -2.79. The topological polar surface area (TPSA) is 380 Å². The molecule has 2 aliphatic heterocycles. The van der Waals surface area contributed by atoms with E-state index in [2.05, 4.69) is 39.8 Å². The number of aliphatic hydroxyl groups excluding tert-OH is 9. The molecule has 1 saturated carbocycles. The Balaban J connectivity index is 1.92. The van der Waals surface area contributed by atoms with E-state index < -0.39 is 162 Å². The first-order valence-corrected chi connectivity index (χ1v) is 47.4. The Labute approximate surface area is 686 Å². The van der Waals surface area contributed by atoms with E-state index in [1.165, 1.54) is 180 Å². The molecule has 0 aromatic carbocycles. The zero-order valence-corrected chi connectivity index (χ0v) is 72.0. The average molecular weight is 1650 g/mol. The van der Waals surface area contributed by atoms with Crippen molar-refractivity contribution in [2.45, 2.75) is 498 Å². The number of carbonyl (C=O) groups is 4. The van der Waals surface area contributed by atoms with E-state index in [9.17, 15) is 74.6 Å². The van der Waals surface area contributed by atoms with E-state index in [1.807, 2.05) is 0 Å². The van der Waals surface area contributed by atoms with Crippen LogP contribution in [0.2, 0.25) is 0 Å². The number of rotatable bonds is 74. The van der Waals surface area contributed by atoms with E-state index >= 15 is 0 Å². The number of allylic oxidation sites excluding steroid dienone is 2. The molecule has 0 bridgehead atoms. The zero-order valence-electron chi connectivity index (χ0n) is 71.1. The first-order valence-electron chi connectivity index (χ1n) is 45.9. The molecule has 670 valence electrons. The number of aliphatic hydroxyl groups is 9. The van der Waals surface area contributed by atoms with Crippen LogP contribution in [-0.2, 0) is 70.7 Å². The second kappa shape index (κ2) is 67.8. The third kappa shape index (κ3) is 48.0. The summed E-state index contributed by atoms with van der Waals surface area (Å²) in [6.07, 6.45) is 25.1. The number of hydrogen-bond acceptors (Lipinski definition) is 24. The summed E-state index contributed by atoms with van der Waals surface area (Å²) in [5.41, 5.74) is 0. The van der Waals surface area contributed by atoms with Crippen LogP contribution >= 0.6 is 7.82 Å². The van der Waals surface area contributed by atoms with Gasteiger partial charge in [0, 0.05) is 25.7 Å². The molecule has 2 heterocycles. The number of phosphoric ester groups is 1. The van der Waals surface area contributed by atoms with Gasteiger partial charge in [0.2, 0.25) is 0 Å². The summed E-state index contributed by atoms with van der Waals surface area (Å²) < 4.78 is 73.3. The van der Waals surface area contributed by atoms with Crippen molar-refractivity contribution in [1.82, 2.24) is 0 Å². The summed E-state index contributed by atoms with van der Waals surface area (Å²) in [7, 11) is -5.80. The highest BCUT2D eigenvalue weighted by Crippen LogP contribution is 2.49. The van der Waals surface area contributed by atoms with Gasteiger partial charge in [0.15, 0.2) is 24.8 Å². The van der Waals surface area contributed by atoms with Crippen molar-refractivity contribution in [3.05, 3.63) is 12.2 Å². The van der Waals surface area contributed by atoms with Gasteiger partial charge in [-0.3, -0.25) is 28.2 Å². The van der Waals surface area contributed by atoms with E-state index in [-0.39, 0.29) is 32.1 Å². The Morgan fingerprint density at radius 1 is 0.342 bits per heavy atom. The summed E-state index contributed by atoms with van der Waals surface area (Å²) in [6.45, 7) is 5.58. The van der Waals surface area contributed by atoms with Gasteiger partial charge in [0.25, 0.3) is 0 Å². The first-order chi connectivity index (χ1) is 55.2. The Bertz CT molecular complexity index is 2430. The molecule has 0 radical (unpaired) electrons. The second-order valence-electron chi connectivity index (χ2n) is 32.8. The van der Waals surface area contributed by atoms with Gasteiger partial charge in [-0.1, -0.05) is 329 Å². The van der Waals surface area contributed by atoms with Crippen molar-refractivity contribution < 1.29 is 122 Å². The molecular formula is C88H163O25P. The fourth-order valence-corrected chi connectivity index (χ4v) is 16.2.